The van der Waals surface area contributed by atoms with E-state index in [9.17, 15) is 0 Å². The van der Waals surface area contributed by atoms with E-state index < -0.39 is 0 Å². The number of amides is 1. The molecule has 0 unspecified atom stereocenters. The van der Waals surface area contributed by atoms with Crippen molar-refractivity contribution in [1.29, 1.82) is 0 Å². The first-order valence-electron chi connectivity index (χ1n) is 22.1. The third-order valence-electron chi connectivity index (χ3n) is 12.0. The Balaban J connectivity index is 1.26. The van der Waals surface area contributed by atoms with E-state index in [1.54, 1.807) is 0 Å². The van der Waals surface area contributed by atoms with Gasteiger partial charge in [0.15, 0.2) is 0 Å². The minimum Gasteiger partial charge on any atom is -0.380 e. The van der Waals surface area contributed by atoms with Gasteiger partial charge in [-0.25, -0.2) is 0 Å². The van der Waals surface area contributed by atoms with Gasteiger partial charge in [0.1, 0.15) is 0 Å². The van der Waals surface area contributed by atoms with Gasteiger partial charge in [-0.1, -0.05) is 121 Å². The number of hydrogen-bond donors (Lipinski definition) is 0. The lowest BCUT2D eigenvalue weighted by Gasteiger charge is -2.27. The molecule has 0 saturated heterocycles. The van der Waals surface area contributed by atoms with Crippen LogP contribution in [0.5, 0.6) is 0 Å². The number of hydrogen-bond acceptors (Lipinski definition) is 4. The van der Waals surface area contributed by atoms with Crippen molar-refractivity contribution < 1.29 is 9.53 Å². The molecule has 0 aliphatic carbocycles. The van der Waals surface area contributed by atoms with Gasteiger partial charge in [-0.2, -0.15) is 0 Å². The molecule has 2 heterocycles. The maximum absolute atomic E-state index is 15.1. The second kappa shape index (κ2) is 18.6. The number of nitrogens with zero attached hydrogens (tertiary/aromatic N) is 4. The maximum atomic E-state index is 15.1. The molecule has 1 amide bonds. The summed E-state index contributed by atoms with van der Waals surface area (Å²) in [4.78, 5) is 21.7. The van der Waals surface area contributed by atoms with Gasteiger partial charge in [0.25, 0.3) is 5.91 Å². The molecule has 0 fully saturated rings. The van der Waals surface area contributed by atoms with Crippen molar-refractivity contribution in [3.63, 3.8) is 0 Å². The Morgan fingerprint density at radius 3 is 1.29 bits per heavy atom. The summed E-state index contributed by atoms with van der Waals surface area (Å²) in [5.74, 6) is 0.0243. The fraction of sp³-hybridized carbons (Fsp3) is 0.232. The van der Waals surface area contributed by atoms with Gasteiger partial charge in [-0.05, 0) is 125 Å². The molecule has 1 aromatic heterocycles. The molecular weight excluding hydrogens is 761 g/mol. The zero-order valence-electron chi connectivity index (χ0n) is 37.1. The zero-order valence-corrected chi connectivity index (χ0v) is 37.1. The second-order valence-electron chi connectivity index (χ2n) is 16.5. The van der Waals surface area contributed by atoms with Crippen molar-refractivity contribution >= 4 is 52.3 Å². The number of anilines is 6. The van der Waals surface area contributed by atoms with Crippen LogP contribution in [-0.2, 0) is 11.3 Å². The van der Waals surface area contributed by atoms with E-state index in [0.29, 0.717) is 31.9 Å². The van der Waals surface area contributed by atoms with Crippen molar-refractivity contribution in [2.24, 2.45) is 0 Å². The van der Waals surface area contributed by atoms with Gasteiger partial charge in [0, 0.05) is 64.4 Å². The minimum atomic E-state index is 0.0243. The highest BCUT2D eigenvalue weighted by Gasteiger charge is 2.36. The highest BCUT2D eigenvalue weighted by molar-refractivity contribution is 6.09. The lowest BCUT2D eigenvalue weighted by molar-refractivity contribution is 0.0844. The van der Waals surface area contributed by atoms with Gasteiger partial charge in [0.05, 0.1) is 23.6 Å². The Hall–Kier alpha value is -6.63. The van der Waals surface area contributed by atoms with Gasteiger partial charge < -0.3 is 24.0 Å². The minimum absolute atomic E-state index is 0.0243. The smallest absolute Gasteiger partial charge is 0.261 e. The lowest BCUT2D eigenvalue weighted by atomic mass is 10.0. The van der Waals surface area contributed by atoms with Crippen LogP contribution in [0.3, 0.4) is 0 Å². The molecule has 7 aromatic rings. The first kappa shape index (κ1) is 42.1. The van der Waals surface area contributed by atoms with E-state index >= 15 is 4.79 Å². The van der Waals surface area contributed by atoms with Crippen LogP contribution in [0, 0.1) is 27.7 Å². The second-order valence-corrected chi connectivity index (χ2v) is 16.5. The molecule has 0 saturated carbocycles. The van der Waals surface area contributed by atoms with Crippen LogP contribution >= 0.6 is 0 Å². The van der Waals surface area contributed by atoms with E-state index in [1.165, 1.54) is 22.3 Å². The maximum Gasteiger partial charge on any atom is 0.261 e. The van der Waals surface area contributed by atoms with Crippen LogP contribution in [0.25, 0.3) is 23.5 Å². The number of ether oxygens (including phenoxy) is 1. The molecule has 62 heavy (non-hydrogen) atoms. The van der Waals surface area contributed by atoms with E-state index in [-0.39, 0.29) is 5.91 Å². The molecule has 314 valence electrons. The van der Waals surface area contributed by atoms with E-state index in [2.05, 4.69) is 195 Å². The Bertz CT molecular complexity index is 2660. The van der Waals surface area contributed by atoms with Crippen LogP contribution in [-0.4, -0.2) is 35.1 Å². The Kier molecular flexibility index (Phi) is 12.6. The zero-order chi connectivity index (χ0) is 43.3. The molecule has 8 rings (SSSR count). The molecule has 0 N–H and O–H groups in total. The Morgan fingerprint density at radius 1 is 0.516 bits per heavy atom. The Morgan fingerprint density at radius 2 is 0.903 bits per heavy atom. The largest absolute Gasteiger partial charge is 0.380 e. The molecule has 6 aromatic carbocycles. The van der Waals surface area contributed by atoms with Crippen LogP contribution in [0.1, 0.15) is 71.3 Å². The van der Waals surface area contributed by atoms with Gasteiger partial charge in [-0.3, -0.25) is 4.79 Å². The molecule has 0 spiro atoms. The van der Waals surface area contributed by atoms with Crippen LogP contribution < -0.4 is 20.4 Å². The van der Waals surface area contributed by atoms with E-state index in [0.717, 1.165) is 86.5 Å². The quantitative estimate of drug-likeness (QED) is 0.0911. The fourth-order valence-electron chi connectivity index (χ4n) is 8.59. The molecule has 6 heteroatoms. The highest BCUT2D eigenvalue weighted by Crippen LogP contribution is 2.39. The first-order chi connectivity index (χ1) is 30.2. The van der Waals surface area contributed by atoms with Crippen LogP contribution in [0.2, 0.25) is 0 Å². The molecule has 1 aliphatic rings. The number of aryl methyl sites for hydroxylation is 4. The van der Waals surface area contributed by atoms with Crippen molar-refractivity contribution in [2.75, 3.05) is 29.6 Å². The molecule has 0 atom stereocenters. The molecule has 0 radical (unpaired) electrons. The van der Waals surface area contributed by atoms with Crippen LogP contribution in [0.15, 0.2) is 146 Å². The number of fused-ring (bicyclic) bond motifs is 1. The lowest BCUT2D eigenvalue weighted by Crippen LogP contribution is -2.33. The summed E-state index contributed by atoms with van der Waals surface area (Å²) in [6, 6.07) is 51.9. The number of carbonyl (C=O) groups is 1. The topological polar surface area (TPSA) is 41.0 Å². The normalized spacial score (nSPS) is 12.3. The van der Waals surface area contributed by atoms with Crippen molar-refractivity contribution in [2.45, 2.75) is 67.3 Å². The predicted molar refractivity (Wildman–Crippen MR) is 259 cm³/mol. The standard InChI is InChI=1S/C56H58N4O2/c1-8-10-11-36-58-54(44-20-32-50(33-21-44)59(46-24-12-39(3)13-25-46)47-26-14-40(4)15-27-47)52-43(7)57(37-38-62-9-2)55(53(52)56(58)61)45-22-34-51(35-23-45)60(48-28-16-41(5)17-29-48)49-30-18-42(6)19-31-49/h12-35H,7-11,36-38H2,1-6H3. The third kappa shape index (κ3) is 8.48. The van der Waals surface area contributed by atoms with E-state index in [4.69, 9.17) is 11.3 Å². The number of aromatic nitrogens is 1. The summed E-state index contributed by atoms with van der Waals surface area (Å²) in [7, 11) is 0. The van der Waals surface area contributed by atoms with E-state index in [1.807, 2.05) is 11.8 Å². The monoisotopic (exact) mass is 818 g/mol. The van der Waals surface area contributed by atoms with Crippen molar-refractivity contribution in [1.82, 2.24) is 9.47 Å². The van der Waals surface area contributed by atoms with Gasteiger partial charge in [-0.15, -0.1) is 0 Å². The fourth-order valence-corrected chi connectivity index (χ4v) is 8.59. The molecular formula is C56H58N4O2. The summed E-state index contributed by atoms with van der Waals surface area (Å²) in [6.07, 6.45) is 3.02. The number of rotatable bonds is 16. The van der Waals surface area contributed by atoms with Crippen molar-refractivity contribution in [3.8, 4) is 11.3 Å². The predicted octanol–water partition coefficient (Wildman–Crippen LogP) is 12.6. The summed E-state index contributed by atoms with van der Waals surface area (Å²) < 4.78 is 8.14. The number of unbranched alkanes of at least 4 members (excludes halogenated alkanes) is 2. The molecule has 6 nitrogen and oxygen atoms in total. The SMILES string of the molecule is C=c1c2c(c(-c3ccc(N(c4ccc(C)cc4)c4ccc(C)cc4)cc3)n1CCOCC)C(=O)N(CCCCC)C=2c1ccc(N(c2ccc(C)cc2)c2ccc(C)cc2)cc1. The summed E-state index contributed by atoms with van der Waals surface area (Å²) in [5.41, 5.74) is 15.7. The van der Waals surface area contributed by atoms with Crippen molar-refractivity contribution in [3.05, 3.63) is 190 Å². The first-order valence-corrected chi connectivity index (χ1v) is 22.1. The average Bonchev–Trinajstić information content (AvgIpc) is 3.73. The average molecular weight is 819 g/mol. The number of benzene rings is 6. The summed E-state index contributed by atoms with van der Waals surface area (Å²) in [6.45, 7) is 19.7. The third-order valence-corrected chi connectivity index (χ3v) is 12.0. The van der Waals surface area contributed by atoms with Gasteiger partial charge >= 0.3 is 0 Å². The van der Waals surface area contributed by atoms with Gasteiger partial charge in [0.2, 0.25) is 0 Å². The summed E-state index contributed by atoms with van der Waals surface area (Å²) in [5, 5.41) is 1.73. The number of carbonyl (C=O) groups excluding carboxylic acids is 1. The highest BCUT2D eigenvalue weighted by atomic mass is 16.5. The Labute approximate surface area is 367 Å². The van der Waals surface area contributed by atoms with Crippen LogP contribution in [0.4, 0.5) is 34.1 Å². The summed E-state index contributed by atoms with van der Waals surface area (Å²) >= 11 is 0. The molecule has 0 bridgehead atoms. The molecule has 1 aliphatic heterocycles.